The van der Waals surface area contributed by atoms with Crippen molar-refractivity contribution >= 4 is 38.9 Å². The first-order chi connectivity index (χ1) is 34.2. The molecule has 10 aromatic carbocycles. The van der Waals surface area contributed by atoms with E-state index in [0.29, 0.717) is 0 Å². The molecule has 69 heavy (non-hydrogen) atoms. The largest absolute Gasteiger partial charge is 0.484 e. The summed E-state index contributed by atoms with van der Waals surface area (Å²) in [6, 6.07) is 88.0. The number of anilines is 3. The predicted octanol–water partition coefficient (Wildman–Crippen LogP) is 17.6. The monoisotopic (exact) mass is 882 g/mol. The van der Waals surface area contributed by atoms with Gasteiger partial charge in [0.2, 0.25) is 0 Å². The zero-order valence-electron chi connectivity index (χ0n) is 37.9. The van der Waals surface area contributed by atoms with Gasteiger partial charge in [-0.15, -0.1) is 0 Å². The van der Waals surface area contributed by atoms with Crippen molar-refractivity contribution in [3.05, 3.63) is 273 Å². The molecule has 0 saturated carbocycles. The summed E-state index contributed by atoms with van der Waals surface area (Å²) < 4.78 is 8.93. The van der Waals surface area contributed by atoms with Gasteiger partial charge in [-0.05, 0) is 93.6 Å². The van der Waals surface area contributed by atoms with Crippen LogP contribution in [0.25, 0.3) is 83.1 Å². The number of hydrogen-bond donors (Lipinski definition) is 0. The van der Waals surface area contributed by atoms with E-state index in [2.05, 4.69) is 276 Å². The highest BCUT2D eigenvalue weighted by atomic mass is 16.5. The molecule has 2 aliphatic rings. The van der Waals surface area contributed by atoms with E-state index in [1.807, 2.05) is 0 Å². The van der Waals surface area contributed by atoms with Crippen molar-refractivity contribution < 1.29 is 4.74 Å². The van der Waals surface area contributed by atoms with Crippen LogP contribution in [0.2, 0.25) is 0 Å². The van der Waals surface area contributed by atoms with Gasteiger partial charge in [-0.1, -0.05) is 212 Å². The van der Waals surface area contributed by atoms with Crippen LogP contribution >= 0.6 is 0 Å². The van der Waals surface area contributed by atoms with Gasteiger partial charge in [-0.25, -0.2) is 0 Å². The van der Waals surface area contributed by atoms with Crippen molar-refractivity contribution in [3.63, 3.8) is 0 Å². The topological polar surface area (TPSA) is 17.4 Å². The van der Waals surface area contributed by atoms with E-state index >= 15 is 0 Å². The first-order valence-electron chi connectivity index (χ1n) is 23.8. The fourth-order valence-electron chi connectivity index (χ4n) is 10.6. The lowest BCUT2D eigenvalue weighted by atomic mass is 9.90. The van der Waals surface area contributed by atoms with Crippen LogP contribution in [0.5, 0.6) is 5.75 Å². The van der Waals surface area contributed by atoms with Crippen molar-refractivity contribution in [2.24, 2.45) is 0 Å². The highest BCUT2D eigenvalue weighted by Gasteiger charge is 2.33. The molecule has 3 nitrogen and oxygen atoms in total. The summed E-state index contributed by atoms with van der Waals surface area (Å²) in [5, 5.41) is 2.51. The molecular formula is C66H46N2O. The van der Waals surface area contributed by atoms with Gasteiger partial charge in [0.05, 0.1) is 22.4 Å². The van der Waals surface area contributed by atoms with Crippen LogP contribution in [0.3, 0.4) is 0 Å². The Bertz CT molecular complexity index is 3680. The van der Waals surface area contributed by atoms with Crippen molar-refractivity contribution in [2.75, 3.05) is 4.90 Å². The van der Waals surface area contributed by atoms with Crippen LogP contribution in [0, 0.1) is 0 Å². The SMILES string of the molecule is C1=CC2Oc3c(-c4ccc(-c5ccc(N(c6ccc(-c7ccccc7-n7c8ccccc8c8ccccc87)cc6)c6ccccc6-c6ccc(-c7ccccc7)cc6)cc5)cc4)cccc3C2C=C1. The Morgan fingerprint density at radius 3 is 1.48 bits per heavy atom. The molecule has 0 spiro atoms. The molecule has 2 heterocycles. The summed E-state index contributed by atoms with van der Waals surface area (Å²) in [7, 11) is 0. The number of allylic oxidation sites excluding steroid dienone is 2. The summed E-state index contributed by atoms with van der Waals surface area (Å²) in [6.45, 7) is 0. The molecular weight excluding hydrogens is 837 g/mol. The summed E-state index contributed by atoms with van der Waals surface area (Å²) in [5.74, 6) is 1.26. The van der Waals surface area contributed by atoms with E-state index in [-0.39, 0.29) is 12.0 Å². The van der Waals surface area contributed by atoms with E-state index in [4.69, 9.17) is 4.74 Å². The maximum absolute atomic E-state index is 6.51. The van der Waals surface area contributed by atoms with Crippen LogP contribution in [0.1, 0.15) is 11.5 Å². The zero-order valence-corrected chi connectivity index (χ0v) is 37.9. The third-order valence-corrected chi connectivity index (χ3v) is 14.0. The van der Waals surface area contributed by atoms with Crippen LogP contribution in [0.15, 0.2) is 267 Å². The Morgan fingerprint density at radius 2 is 0.812 bits per heavy atom. The third-order valence-electron chi connectivity index (χ3n) is 14.0. The Morgan fingerprint density at radius 1 is 0.348 bits per heavy atom. The van der Waals surface area contributed by atoms with E-state index < -0.39 is 0 Å². The third kappa shape index (κ3) is 7.15. The number of nitrogens with zero attached hydrogens (tertiary/aromatic N) is 2. The minimum atomic E-state index is 0.0580. The number of benzene rings is 10. The average Bonchev–Trinajstić information content (AvgIpc) is 3.98. The first-order valence-corrected chi connectivity index (χ1v) is 23.8. The minimum Gasteiger partial charge on any atom is -0.484 e. The first kappa shape index (κ1) is 40.4. The van der Waals surface area contributed by atoms with Gasteiger partial charge in [0.1, 0.15) is 11.9 Å². The Hall–Kier alpha value is -8.92. The Balaban J connectivity index is 0.875. The molecule has 0 saturated heterocycles. The predicted molar refractivity (Wildman–Crippen MR) is 288 cm³/mol. The highest BCUT2D eigenvalue weighted by Crippen LogP contribution is 2.47. The Kier molecular flexibility index (Phi) is 9.98. The lowest BCUT2D eigenvalue weighted by molar-refractivity contribution is 0.270. The molecule has 2 unspecified atom stereocenters. The number of aromatic nitrogens is 1. The fourth-order valence-corrected chi connectivity index (χ4v) is 10.6. The van der Waals surface area contributed by atoms with E-state index in [9.17, 15) is 0 Å². The van der Waals surface area contributed by atoms with Crippen molar-refractivity contribution in [2.45, 2.75) is 12.0 Å². The van der Waals surface area contributed by atoms with Crippen molar-refractivity contribution in [3.8, 4) is 67.1 Å². The normalized spacial score (nSPS) is 14.7. The van der Waals surface area contributed by atoms with Gasteiger partial charge in [0.25, 0.3) is 0 Å². The van der Waals surface area contributed by atoms with Gasteiger partial charge < -0.3 is 14.2 Å². The summed E-state index contributed by atoms with van der Waals surface area (Å²) in [6.07, 6.45) is 8.68. The molecule has 1 aliphatic carbocycles. The fraction of sp³-hybridized carbons (Fsp3) is 0.0303. The van der Waals surface area contributed by atoms with Crippen molar-refractivity contribution in [1.29, 1.82) is 0 Å². The summed E-state index contributed by atoms with van der Waals surface area (Å²) >= 11 is 0. The number of fused-ring (bicyclic) bond motifs is 6. The molecule has 3 heteroatoms. The van der Waals surface area contributed by atoms with Crippen LogP contribution < -0.4 is 9.64 Å². The smallest absolute Gasteiger partial charge is 0.132 e. The van der Waals surface area contributed by atoms with E-state index in [1.165, 1.54) is 44.1 Å². The molecule has 326 valence electrons. The van der Waals surface area contributed by atoms with Gasteiger partial charge >= 0.3 is 0 Å². The summed E-state index contributed by atoms with van der Waals surface area (Å²) in [4.78, 5) is 2.40. The van der Waals surface area contributed by atoms with Crippen LogP contribution in [-0.2, 0) is 0 Å². The highest BCUT2D eigenvalue weighted by molar-refractivity contribution is 6.09. The minimum absolute atomic E-state index is 0.0580. The lowest BCUT2D eigenvalue weighted by Gasteiger charge is -2.28. The molecule has 0 fully saturated rings. The molecule has 2 atom stereocenters. The number of hydrogen-bond acceptors (Lipinski definition) is 2. The molecule has 11 aromatic rings. The van der Waals surface area contributed by atoms with Gasteiger partial charge in [-0.2, -0.15) is 0 Å². The molecule has 13 rings (SSSR count). The zero-order chi connectivity index (χ0) is 45.7. The maximum atomic E-state index is 6.51. The van der Waals surface area contributed by atoms with E-state index in [1.54, 1.807) is 0 Å². The molecule has 0 N–H and O–H groups in total. The second-order valence-electron chi connectivity index (χ2n) is 18.0. The molecule has 0 bridgehead atoms. The summed E-state index contributed by atoms with van der Waals surface area (Å²) in [5.41, 5.74) is 19.7. The molecule has 1 aliphatic heterocycles. The van der Waals surface area contributed by atoms with Crippen LogP contribution in [0.4, 0.5) is 17.1 Å². The van der Waals surface area contributed by atoms with Gasteiger partial charge in [0, 0.05) is 50.3 Å². The second kappa shape index (κ2) is 17.1. The number of rotatable bonds is 9. The van der Waals surface area contributed by atoms with E-state index in [0.717, 1.165) is 67.4 Å². The maximum Gasteiger partial charge on any atom is 0.132 e. The lowest BCUT2D eigenvalue weighted by Crippen LogP contribution is -2.15. The molecule has 1 aromatic heterocycles. The molecule has 0 amide bonds. The standard InChI is InChI=1S/C66H46N2O/c1-2-15-45(16-3-1)46-29-33-49(34-30-46)54-17-4-9-24-61(54)67(52-41-37-48(38-42-52)47-31-35-51(36-32-47)56-22-14-23-60-59-21-8-13-28-65(59)69-66(56)60)53-43-39-50(40-44-53)55-18-5-10-25-62(55)68-63-26-11-6-19-57(63)58-20-7-12-27-64(58)68/h1-44,59,65H. The van der Waals surface area contributed by atoms with Crippen molar-refractivity contribution in [1.82, 2.24) is 4.57 Å². The quantitative estimate of drug-likeness (QED) is 0.144. The molecule has 0 radical (unpaired) electrons. The second-order valence-corrected chi connectivity index (χ2v) is 18.0. The number of ether oxygens (including phenoxy) is 1. The van der Waals surface area contributed by atoms with Gasteiger partial charge in [-0.3, -0.25) is 0 Å². The van der Waals surface area contributed by atoms with Crippen LogP contribution in [-0.4, -0.2) is 10.7 Å². The Labute approximate surface area is 402 Å². The number of para-hydroxylation sites is 5. The van der Waals surface area contributed by atoms with Gasteiger partial charge in [0.15, 0.2) is 0 Å². The average molecular weight is 883 g/mol.